The first-order valence-electron chi connectivity index (χ1n) is 9.61. The van der Waals surface area contributed by atoms with Gasteiger partial charge in [0.2, 0.25) is 0 Å². The van der Waals surface area contributed by atoms with Crippen molar-refractivity contribution in [3.8, 4) is 11.4 Å². The molecule has 2 aliphatic heterocycles. The maximum atomic E-state index is 4.47. The first kappa shape index (κ1) is 16.4. The van der Waals surface area contributed by atoms with Gasteiger partial charge in [0, 0.05) is 38.9 Å². The Balaban J connectivity index is 1.21. The summed E-state index contributed by atoms with van der Waals surface area (Å²) in [6.07, 6.45) is 1.79. The molecule has 0 amide bonds. The molecule has 2 aliphatic rings. The number of likely N-dealkylation sites (tertiary alicyclic amines) is 1. The molecule has 0 bridgehead atoms. The molecule has 4 heterocycles. The van der Waals surface area contributed by atoms with E-state index in [0.29, 0.717) is 0 Å². The SMILES string of the molecule is c1ccc(CN2C[C@@H]3CN(c4ccc(-c5ccccn5)nn4)C[C@H]3C2)cc1. The first-order chi connectivity index (χ1) is 13.3. The van der Waals surface area contributed by atoms with Gasteiger partial charge < -0.3 is 4.90 Å². The minimum Gasteiger partial charge on any atom is -0.354 e. The van der Waals surface area contributed by atoms with Crippen LogP contribution in [0.2, 0.25) is 0 Å². The van der Waals surface area contributed by atoms with Gasteiger partial charge in [-0.25, -0.2) is 0 Å². The molecule has 0 aliphatic carbocycles. The van der Waals surface area contributed by atoms with Gasteiger partial charge in [-0.05, 0) is 41.7 Å². The molecule has 2 aromatic heterocycles. The van der Waals surface area contributed by atoms with E-state index in [1.54, 1.807) is 6.20 Å². The molecule has 136 valence electrons. The van der Waals surface area contributed by atoms with Crippen molar-refractivity contribution >= 4 is 5.82 Å². The second kappa shape index (κ2) is 7.08. The lowest BCUT2D eigenvalue weighted by Crippen LogP contribution is -2.29. The van der Waals surface area contributed by atoms with Crippen LogP contribution in [0, 0.1) is 11.8 Å². The number of rotatable bonds is 4. The fraction of sp³-hybridized carbons (Fsp3) is 0.318. The summed E-state index contributed by atoms with van der Waals surface area (Å²) >= 11 is 0. The van der Waals surface area contributed by atoms with Gasteiger partial charge in [0.1, 0.15) is 5.69 Å². The van der Waals surface area contributed by atoms with E-state index in [1.165, 1.54) is 18.7 Å². The van der Waals surface area contributed by atoms with Gasteiger partial charge in [-0.15, -0.1) is 10.2 Å². The summed E-state index contributed by atoms with van der Waals surface area (Å²) in [5.74, 6) is 2.44. The average molecular weight is 357 g/mol. The second-order valence-corrected chi connectivity index (χ2v) is 7.60. The van der Waals surface area contributed by atoms with Gasteiger partial charge >= 0.3 is 0 Å². The summed E-state index contributed by atoms with van der Waals surface area (Å²) in [7, 11) is 0. The average Bonchev–Trinajstić information content (AvgIpc) is 3.28. The molecule has 2 saturated heterocycles. The van der Waals surface area contributed by atoms with Gasteiger partial charge in [0.05, 0.1) is 5.69 Å². The normalized spacial score (nSPS) is 22.1. The van der Waals surface area contributed by atoms with Gasteiger partial charge in [0.15, 0.2) is 5.82 Å². The van der Waals surface area contributed by atoms with E-state index in [-0.39, 0.29) is 0 Å². The molecule has 2 fully saturated rings. The molecule has 0 saturated carbocycles. The molecule has 5 nitrogen and oxygen atoms in total. The Morgan fingerprint density at radius 3 is 2.19 bits per heavy atom. The fourth-order valence-electron chi connectivity index (χ4n) is 4.39. The molecule has 0 radical (unpaired) electrons. The summed E-state index contributed by atoms with van der Waals surface area (Å²) in [5, 5.41) is 8.87. The van der Waals surface area contributed by atoms with E-state index in [4.69, 9.17) is 0 Å². The third kappa shape index (κ3) is 3.43. The van der Waals surface area contributed by atoms with Crippen molar-refractivity contribution < 1.29 is 0 Å². The van der Waals surface area contributed by atoms with Crippen molar-refractivity contribution in [2.24, 2.45) is 11.8 Å². The van der Waals surface area contributed by atoms with Crippen LogP contribution >= 0.6 is 0 Å². The Morgan fingerprint density at radius 2 is 1.52 bits per heavy atom. The smallest absolute Gasteiger partial charge is 0.151 e. The quantitative estimate of drug-likeness (QED) is 0.718. The Bertz CT molecular complexity index is 868. The van der Waals surface area contributed by atoms with E-state index < -0.39 is 0 Å². The lowest BCUT2D eigenvalue weighted by Gasteiger charge is -2.22. The number of benzene rings is 1. The molecular weight excluding hydrogens is 334 g/mol. The zero-order valence-electron chi connectivity index (χ0n) is 15.3. The number of hydrogen-bond acceptors (Lipinski definition) is 5. The number of hydrogen-bond donors (Lipinski definition) is 0. The lowest BCUT2D eigenvalue weighted by atomic mass is 10.0. The maximum Gasteiger partial charge on any atom is 0.151 e. The van der Waals surface area contributed by atoms with E-state index in [1.807, 2.05) is 24.3 Å². The van der Waals surface area contributed by atoms with Gasteiger partial charge in [-0.1, -0.05) is 36.4 Å². The number of anilines is 1. The second-order valence-electron chi connectivity index (χ2n) is 7.60. The Kier molecular flexibility index (Phi) is 4.30. The van der Waals surface area contributed by atoms with Crippen molar-refractivity contribution in [2.75, 3.05) is 31.1 Å². The van der Waals surface area contributed by atoms with Crippen LogP contribution in [0.15, 0.2) is 66.9 Å². The maximum absolute atomic E-state index is 4.47. The minimum absolute atomic E-state index is 0.728. The molecule has 3 aromatic rings. The van der Waals surface area contributed by atoms with Crippen LogP contribution in [0.3, 0.4) is 0 Å². The summed E-state index contributed by atoms with van der Waals surface area (Å²) in [5.41, 5.74) is 3.10. The molecule has 0 N–H and O–H groups in total. The molecule has 0 unspecified atom stereocenters. The van der Waals surface area contributed by atoms with Crippen molar-refractivity contribution in [3.63, 3.8) is 0 Å². The highest BCUT2D eigenvalue weighted by atomic mass is 15.3. The summed E-state index contributed by atoms with van der Waals surface area (Å²) in [6.45, 7) is 5.57. The van der Waals surface area contributed by atoms with Gasteiger partial charge in [-0.2, -0.15) is 0 Å². The first-order valence-corrected chi connectivity index (χ1v) is 9.61. The van der Waals surface area contributed by atoms with E-state index in [9.17, 15) is 0 Å². The van der Waals surface area contributed by atoms with Crippen LogP contribution in [0.1, 0.15) is 5.56 Å². The van der Waals surface area contributed by atoms with Crippen molar-refractivity contribution in [3.05, 3.63) is 72.4 Å². The number of nitrogens with zero attached hydrogens (tertiary/aromatic N) is 5. The number of aromatic nitrogens is 3. The number of pyridine rings is 1. The third-order valence-corrected chi connectivity index (χ3v) is 5.71. The van der Waals surface area contributed by atoms with Crippen molar-refractivity contribution in [2.45, 2.75) is 6.54 Å². The summed E-state index contributed by atoms with van der Waals surface area (Å²) < 4.78 is 0. The zero-order chi connectivity index (χ0) is 18.1. The molecule has 1 aromatic carbocycles. The predicted molar refractivity (Wildman–Crippen MR) is 106 cm³/mol. The fourth-order valence-corrected chi connectivity index (χ4v) is 4.39. The Labute approximate surface area is 159 Å². The minimum atomic E-state index is 0.728. The number of fused-ring (bicyclic) bond motifs is 1. The largest absolute Gasteiger partial charge is 0.354 e. The predicted octanol–water partition coefficient (Wildman–Crippen LogP) is 3.11. The summed E-state index contributed by atoms with van der Waals surface area (Å²) in [6, 6.07) is 20.7. The van der Waals surface area contributed by atoms with E-state index >= 15 is 0 Å². The Hall–Kier alpha value is -2.79. The molecule has 5 heteroatoms. The van der Waals surface area contributed by atoms with Crippen LogP contribution in [0.5, 0.6) is 0 Å². The van der Waals surface area contributed by atoms with Gasteiger partial charge in [0.25, 0.3) is 0 Å². The van der Waals surface area contributed by atoms with E-state index in [0.717, 1.165) is 48.7 Å². The third-order valence-electron chi connectivity index (χ3n) is 5.71. The van der Waals surface area contributed by atoms with Crippen molar-refractivity contribution in [1.82, 2.24) is 20.1 Å². The lowest BCUT2D eigenvalue weighted by molar-refractivity contribution is 0.309. The highest BCUT2D eigenvalue weighted by molar-refractivity contribution is 5.55. The van der Waals surface area contributed by atoms with Crippen molar-refractivity contribution in [1.29, 1.82) is 0 Å². The monoisotopic (exact) mass is 357 g/mol. The molecule has 2 atom stereocenters. The van der Waals surface area contributed by atoms with E-state index in [2.05, 4.69) is 61.4 Å². The molecule has 0 spiro atoms. The van der Waals surface area contributed by atoms with Crippen LogP contribution < -0.4 is 4.90 Å². The molecule has 27 heavy (non-hydrogen) atoms. The zero-order valence-corrected chi connectivity index (χ0v) is 15.3. The van der Waals surface area contributed by atoms with Crippen LogP contribution in [-0.2, 0) is 6.54 Å². The summed E-state index contributed by atoms with van der Waals surface area (Å²) in [4.78, 5) is 9.33. The van der Waals surface area contributed by atoms with Crippen LogP contribution in [0.4, 0.5) is 5.82 Å². The highest BCUT2D eigenvalue weighted by Crippen LogP contribution is 2.34. The van der Waals surface area contributed by atoms with Gasteiger partial charge in [-0.3, -0.25) is 9.88 Å². The topological polar surface area (TPSA) is 45.2 Å². The van der Waals surface area contributed by atoms with Crippen LogP contribution in [-0.4, -0.2) is 46.3 Å². The highest BCUT2D eigenvalue weighted by Gasteiger charge is 2.40. The molecular formula is C22H23N5. The standard InChI is InChI=1S/C22H23N5/c1-2-6-17(7-3-1)12-26-13-18-15-27(16-19(18)14-26)22-10-9-21(24-25-22)20-8-4-5-11-23-20/h1-11,18-19H,12-16H2/t18-,19-/m1/s1. The van der Waals surface area contributed by atoms with Crippen LogP contribution in [0.25, 0.3) is 11.4 Å². The Morgan fingerprint density at radius 1 is 0.741 bits per heavy atom. The molecule has 5 rings (SSSR count).